The van der Waals surface area contributed by atoms with Crippen molar-refractivity contribution in [1.29, 1.82) is 0 Å². The highest BCUT2D eigenvalue weighted by Crippen LogP contribution is 2.66. The van der Waals surface area contributed by atoms with Crippen LogP contribution in [0.5, 0.6) is 0 Å². The van der Waals surface area contributed by atoms with Gasteiger partial charge in [0.05, 0.1) is 35.6 Å². The molecule has 3 aromatic carbocycles. The topological polar surface area (TPSA) is 188 Å². The molecule has 3 fully saturated rings. The van der Waals surface area contributed by atoms with E-state index in [1.807, 2.05) is 51.1 Å². The number of benzene rings is 3. The van der Waals surface area contributed by atoms with Crippen molar-refractivity contribution in [2.45, 2.75) is 186 Å². The smallest absolute Gasteiger partial charge is 0.338 e. The minimum atomic E-state index is -2.78. The fourth-order valence-corrected chi connectivity index (χ4v) is 19.4. The molecule has 0 spiro atoms. The second-order valence-electron chi connectivity index (χ2n) is 22.5. The van der Waals surface area contributed by atoms with Gasteiger partial charge in [0.15, 0.2) is 45.8 Å². The lowest BCUT2D eigenvalue weighted by Gasteiger charge is -2.68. The fraction of sp³-hybridized carbons (Fsp3) is 0.557. The molecule has 4 aliphatic rings. The third-order valence-corrected chi connectivity index (χ3v) is 28.7. The standard InChI is InChI=1S/C61H81NO14S2Si2/c1-14-79(15-2,16-3)75-45-35-46-60(37-69-46,73-40(9)64)51-53(72-57(77)78-13)61(74-55(67)43-33-27-22-28-34-43)36-44(38(7)47(58(61,10)11)49(70-39(8)63)52(65)59(45,51)12)71-56(68)50(76-80(17-4,18-5)19-6)48(41-29-23-20-24-30-41)62-54(66)42-31-25-21-26-32-42/h20-34,44-46,48-51,53H,14-19,35-37H2,1-13H3,(H,62,66)/t44-,45-,46+,48-,49+,50+,51-,53-,59+,60-,61+/m0/s1. The molecule has 434 valence electrons. The first-order valence-corrected chi connectivity index (χ1v) is 34.9. The molecule has 7 rings (SSSR count). The van der Waals surface area contributed by atoms with E-state index in [9.17, 15) is 14.4 Å². The van der Waals surface area contributed by atoms with Crippen molar-refractivity contribution < 1.29 is 66.0 Å². The summed E-state index contributed by atoms with van der Waals surface area (Å²) in [7, 11) is -5.44. The number of ketones is 1. The maximum absolute atomic E-state index is 16.9. The highest BCUT2D eigenvalue weighted by molar-refractivity contribution is 8.22. The van der Waals surface area contributed by atoms with Gasteiger partial charge in [-0.1, -0.05) is 134 Å². The highest BCUT2D eigenvalue weighted by Gasteiger charge is 2.80. The number of Topliss-reactive ketones (excluding diaryl/α,β-unsaturated/α-hetero) is 1. The molecule has 3 aliphatic carbocycles. The van der Waals surface area contributed by atoms with Crippen LogP contribution in [-0.4, -0.2) is 117 Å². The molecule has 1 heterocycles. The summed E-state index contributed by atoms with van der Waals surface area (Å²) in [6.07, 6.45) is -6.29. The third kappa shape index (κ3) is 11.5. The summed E-state index contributed by atoms with van der Waals surface area (Å²) in [5.41, 5.74) is -5.37. The summed E-state index contributed by atoms with van der Waals surface area (Å²) in [4.78, 5) is 90.3. The lowest BCUT2D eigenvalue weighted by molar-refractivity contribution is -0.343. The molecule has 0 aromatic heterocycles. The largest absolute Gasteiger partial charge is 0.470 e. The monoisotopic (exact) mass is 1170 g/mol. The van der Waals surface area contributed by atoms with Gasteiger partial charge in [-0.25, -0.2) is 9.59 Å². The zero-order valence-electron chi connectivity index (χ0n) is 48.7. The number of amides is 1. The number of carbonyl (C=O) groups is 6. The quantitative estimate of drug-likeness (QED) is 0.0348. The van der Waals surface area contributed by atoms with E-state index in [0.717, 1.165) is 11.8 Å². The van der Waals surface area contributed by atoms with Crippen LogP contribution in [0.15, 0.2) is 102 Å². The summed E-state index contributed by atoms with van der Waals surface area (Å²) in [5.74, 6) is -5.43. The molecule has 2 saturated carbocycles. The summed E-state index contributed by atoms with van der Waals surface area (Å²) in [6.45, 7) is 21.7. The van der Waals surface area contributed by atoms with Crippen molar-refractivity contribution in [2.75, 3.05) is 12.9 Å². The van der Waals surface area contributed by atoms with E-state index in [-0.39, 0.29) is 35.0 Å². The predicted molar refractivity (Wildman–Crippen MR) is 315 cm³/mol. The first kappa shape index (κ1) is 62.6. The van der Waals surface area contributed by atoms with Gasteiger partial charge in [-0.05, 0) is 110 Å². The molecule has 1 N–H and O–H groups in total. The van der Waals surface area contributed by atoms with Crippen molar-refractivity contribution in [3.8, 4) is 0 Å². The Bertz CT molecular complexity index is 2780. The fourth-order valence-electron chi connectivity index (χ4n) is 13.4. The number of nitrogens with one attached hydrogen (secondary N) is 1. The Kier molecular flexibility index (Phi) is 19.7. The van der Waals surface area contributed by atoms with Gasteiger partial charge in [-0.3, -0.25) is 19.2 Å². The maximum atomic E-state index is 16.9. The van der Waals surface area contributed by atoms with Gasteiger partial charge in [0, 0.05) is 37.7 Å². The lowest BCUT2D eigenvalue weighted by Crippen LogP contribution is -2.82. The molecule has 11 atom stereocenters. The Hall–Kier alpha value is -5.03. The van der Waals surface area contributed by atoms with Crippen molar-refractivity contribution in [1.82, 2.24) is 5.32 Å². The Balaban J connectivity index is 1.56. The molecular formula is C61H81NO14S2Si2. The predicted octanol–water partition coefficient (Wildman–Crippen LogP) is 11.5. The lowest BCUT2D eigenvalue weighted by atomic mass is 9.44. The highest BCUT2D eigenvalue weighted by atomic mass is 32.2. The van der Waals surface area contributed by atoms with Crippen molar-refractivity contribution in [3.05, 3.63) is 119 Å². The molecule has 1 amide bonds. The van der Waals surface area contributed by atoms with Crippen LogP contribution < -0.4 is 5.32 Å². The number of thiocarbonyl (C=S) groups is 1. The van der Waals surface area contributed by atoms with Crippen LogP contribution in [0.25, 0.3) is 0 Å². The molecule has 80 heavy (non-hydrogen) atoms. The first-order chi connectivity index (χ1) is 38.0. The van der Waals surface area contributed by atoms with E-state index < -0.39 is 123 Å². The van der Waals surface area contributed by atoms with Gasteiger partial charge < -0.3 is 42.6 Å². The van der Waals surface area contributed by atoms with Crippen LogP contribution >= 0.6 is 24.0 Å². The van der Waals surface area contributed by atoms with Gasteiger partial charge in [-0.15, -0.1) is 0 Å². The van der Waals surface area contributed by atoms with Crippen molar-refractivity contribution in [2.24, 2.45) is 16.7 Å². The molecule has 0 unspecified atom stereocenters. The van der Waals surface area contributed by atoms with E-state index in [0.29, 0.717) is 53.0 Å². The van der Waals surface area contributed by atoms with E-state index in [1.54, 1.807) is 94.6 Å². The number of carbonyl (C=O) groups excluding carboxylic acids is 6. The molecule has 1 aliphatic heterocycles. The second kappa shape index (κ2) is 25.2. The molecule has 2 bridgehead atoms. The Morgan fingerprint density at radius 1 is 0.750 bits per heavy atom. The number of thioether (sulfide) groups is 1. The average molecular weight is 1170 g/mol. The van der Waals surface area contributed by atoms with Gasteiger partial charge >= 0.3 is 23.9 Å². The molecule has 15 nitrogen and oxygen atoms in total. The van der Waals surface area contributed by atoms with Crippen LogP contribution in [0.2, 0.25) is 36.3 Å². The SMILES string of the molecule is CC[Si](CC)(CC)O[C@H]1C[C@H]2OC[C@@]2(OC(C)=O)[C@H]2[C@H](OC(=S)SC)[C@]3(OC(=O)c4ccccc4)C[C@H](OC(=O)[C@H](O[Si](CC)(CC)CC)[C@@H](NC(=O)c4ccccc4)c4ccccc4)C(C)=C([C@@H](OC(C)=O)C(=O)[C@]12C)C3(C)C. The normalized spacial score (nSPS) is 27.7. The van der Waals surface area contributed by atoms with E-state index in [2.05, 4.69) is 26.1 Å². The van der Waals surface area contributed by atoms with Gasteiger partial charge in [0.2, 0.25) is 4.38 Å². The summed E-state index contributed by atoms with van der Waals surface area (Å²) >= 11 is 7.16. The van der Waals surface area contributed by atoms with Crippen molar-refractivity contribution in [3.63, 3.8) is 0 Å². The number of hydrogen-bond donors (Lipinski definition) is 1. The summed E-state index contributed by atoms with van der Waals surface area (Å²) < 4.78 is 55.6. The summed E-state index contributed by atoms with van der Waals surface area (Å²) in [5, 5.41) is 3.14. The van der Waals surface area contributed by atoms with Gasteiger partial charge in [0.1, 0.15) is 18.3 Å². The minimum absolute atomic E-state index is 0.0136. The van der Waals surface area contributed by atoms with Gasteiger partial charge in [-0.2, -0.15) is 0 Å². The third-order valence-electron chi connectivity index (χ3n) is 18.4. The van der Waals surface area contributed by atoms with E-state index >= 15 is 14.4 Å². The van der Waals surface area contributed by atoms with Gasteiger partial charge in [0.25, 0.3) is 5.91 Å². The average Bonchev–Trinajstić information content (AvgIpc) is 3.50. The molecule has 3 aromatic rings. The zero-order chi connectivity index (χ0) is 58.6. The van der Waals surface area contributed by atoms with Crippen molar-refractivity contribution >= 4 is 80.6 Å². The minimum Gasteiger partial charge on any atom is -0.470 e. The Morgan fingerprint density at radius 2 is 1.30 bits per heavy atom. The van der Waals surface area contributed by atoms with Crippen LogP contribution in [0.4, 0.5) is 0 Å². The number of hydrogen-bond acceptors (Lipinski definition) is 16. The molecule has 19 heteroatoms. The Morgan fingerprint density at radius 3 is 1.80 bits per heavy atom. The maximum Gasteiger partial charge on any atom is 0.338 e. The number of ether oxygens (including phenoxy) is 6. The Labute approximate surface area is 483 Å². The van der Waals surface area contributed by atoms with Crippen LogP contribution in [0.3, 0.4) is 0 Å². The number of rotatable bonds is 21. The molecule has 1 saturated heterocycles. The van der Waals surface area contributed by atoms with E-state index in [4.69, 9.17) is 49.5 Å². The zero-order valence-corrected chi connectivity index (χ0v) is 52.3. The van der Waals surface area contributed by atoms with Crippen LogP contribution in [-0.2, 0) is 56.5 Å². The van der Waals surface area contributed by atoms with E-state index in [1.165, 1.54) is 13.8 Å². The number of esters is 4. The second-order valence-corrected chi connectivity index (χ2v) is 33.4. The summed E-state index contributed by atoms with van der Waals surface area (Å²) in [6, 6.07) is 29.1. The van der Waals surface area contributed by atoms with Crippen LogP contribution in [0.1, 0.15) is 128 Å². The number of fused-ring (bicyclic) bond motifs is 5. The van der Waals surface area contributed by atoms with Crippen LogP contribution in [0, 0.1) is 16.7 Å². The first-order valence-electron chi connectivity index (χ1n) is 28.2. The molecule has 0 radical (unpaired) electrons. The molecular weight excluding hydrogens is 1090 g/mol.